The van der Waals surface area contributed by atoms with Crippen molar-refractivity contribution in [2.24, 2.45) is 0 Å². The maximum Gasteiger partial charge on any atom is 0.251 e. The SMILES string of the molecule is Nc1ncnc2c1c(Oc1ccc(Cl)cc1)nn2[C@@H]1O[C@H](CO)[C@@H](O)[C@H]1O. The summed E-state index contributed by atoms with van der Waals surface area (Å²) in [6.07, 6.45) is -3.41. The minimum atomic E-state index is -1.33. The largest absolute Gasteiger partial charge is 0.437 e. The molecule has 10 nitrogen and oxygen atoms in total. The van der Waals surface area contributed by atoms with E-state index in [2.05, 4.69) is 15.1 Å². The fraction of sp³-hybridized carbons (Fsp3) is 0.312. The van der Waals surface area contributed by atoms with Gasteiger partial charge in [0.2, 0.25) is 0 Å². The van der Waals surface area contributed by atoms with Crippen LogP contribution < -0.4 is 10.5 Å². The van der Waals surface area contributed by atoms with Crippen molar-refractivity contribution in [3.63, 3.8) is 0 Å². The van der Waals surface area contributed by atoms with E-state index in [-0.39, 0.29) is 17.3 Å². The zero-order valence-corrected chi connectivity index (χ0v) is 14.6. The standard InChI is InChI=1S/C16H16ClN5O5/c17-7-1-3-8(4-2-7)26-15-10-13(18)19-6-20-14(10)22(21-15)16-12(25)11(24)9(5-23)27-16/h1-4,6,9,11-12,16,23-25H,5H2,(H2,18,19,20)/t9-,11-,12-,16-/m1/s1. The maximum absolute atomic E-state index is 10.3. The molecule has 0 aliphatic carbocycles. The number of aliphatic hydroxyl groups excluding tert-OH is 3. The van der Waals surface area contributed by atoms with Crippen molar-refractivity contribution in [2.75, 3.05) is 12.3 Å². The van der Waals surface area contributed by atoms with Crippen molar-refractivity contribution < 1.29 is 24.8 Å². The number of aliphatic hydroxyl groups is 3. The van der Waals surface area contributed by atoms with Crippen molar-refractivity contribution in [3.8, 4) is 11.6 Å². The fourth-order valence-electron chi connectivity index (χ4n) is 2.91. The predicted octanol–water partition coefficient (Wildman–Crippen LogP) is 0.466. The van der Waals surface area contributed by atoms with Gasteiger partial charge in [-0.2, -0.15) is 0 Å². The first-order valence-corrected chi connectivity index (χ1v) is 8.42. The molecule has 3 heterocycles. The molecule has 1 saturated heterocycles. The fourth-order valence-corrected chi connectivity index (χ4v) is 3.03. The van der Waals surface area contributed by atoms with E-state index in [0.717, 1.165) is 0 Å². The lowest BCUT2D eigenvalue weighted by Crippen LogP contribution is -2.33. The molecule has 4 atom stereocenters. The Kier molecular flexibility index (Phi) is 4.58. The molecule has 11 heteroatoms. The van der Waals surface area contributed by atoms with Crippen LogP contribution in [0.3, 0.4) is 0 Å². The van der Waals surface area contributed by atoms with E-state index >= 15 is 0 Å². The van der Waals surface area contributed by atoms with Crippen LogP contribution in [0.4, 0.5) is 5.82 Å². The molecule has 1 aromatic carbocycles. The predicted molar refractivity (Wildman–Crippen MR) is 94.3 cm³/mol. The molecule has 4 rings (SSSR count). The van der Waals surface area contributed by atoms with Gasteiger partial charge in [-0.25, -0.2) is 14.6 Å². The first kappa shape index (κ1) is 17.9. The van der Waals surface area contributed by atoms with Gasteiger partial charge in [-0.15, -0.1) is 5.10 Å². The molecule has 2 aromatic heterocycles. The third kappa shape index (κ3) is 3.07. The van der Waals surface area contributed by atoms with Crippen molar-refractivity contribution in [2.45, 2.75) is 24.5 Å². The molecule has 27 heavy (non-hydrogen) atoms. The van der Waals surface area contributed by atoms with E-state index in [1.165, 1.54) is 11.0 Å². The number of nitrogens with zero attached hydrogens (tertiary/aromatic N) is 4. The van der Waals surface area contributed by atoms with Gasteiger partial charge in [0.25, 0.3) is 5.88 Å². The Morgan fingerprint density at radius 3 is 2.59 bits per heavy atom. The molecular weight excluding hydrogens is 378 g/mol. The molecule has 0 spiro atoms. The molecule has 0 unspecified atom stereocenters. The molecule has 0 bridgehead atoms. The van der Waals surface area contributed by atoms with Gasteiger partial charge in [0, 0.05) is 5.02 Å². The van der Waals surface area contributed by atoms with Gasteiger partial charge < -0.3 is 30.5 Å². The smallest absolute Gasteiger partial charge is 0.251 e. The number of fused-ring (bicyclic) bond motifs is 1. The summed E-state index contributed by atoms with van der Waals surface area (Å²) in [5.74, 6) is 0.681. The van der Waals surface area contributed by atoms with Crippen LogP contribution in [0.5, 0.6) is 11.6 Å². The number of rotatable bonds is 4. The summed E-state index contributed by atoms with van der Waals surface area (Å²) in [4.78, 5) is 8.09. The van der Waals surface area contributed by atoms with Gasteiger partial charge in [0.15, 0.2) is 11.9 Å². The van der Waals surface area contributed by atoms with Gasteiger partial charge in [0.05, 0.1) is 6.61 Å². The number of halogens is 1. The van der Waals surface area contributed by atoms with Crippen molar-refractivity contribution >= 4 is 28.5 Å². The number of hydrogen-bond acceptors (Lipinski definition) is 9. The first-order valence-electron chi connectivity index (χ1n) is 8.04. The number of anilines is 1. The van der Waals surface area contributed by atoms with Crippen LogP contribution in [-0.4, -0.2) is 60.0 Å². The number of nitrogens with two attached hydrogens (primary N) is 1. The summed E-state index contributed by atoms with van der Waals surface area (Å²) in [7, 11) is 0. The van der Waals surface area contributed by atoms with Crippen LogP contribution >= 0.6 is 11.6 Å². The summed E-state index contributed by atoms with van der Waals surface area (Å²) in [6, 6.07) is 6.61. The molecule has 0 amide bonds. The Morgan fingerprint density at radius 1 is 1.19 bits per heavy atom. The topological polar surface area (TPSA) is 149 Å². The molecule has 1 fully saturated rings. The zero-order chi connectivity index (χ0) is 19.1. The van der Waals surface area contributed by atoms with E-state index < -0.39 is 31.1 Å². The van der Waals surface area contributed by atoms with Crippen LogP contribution in [0.15, 0.2) is 30.6 Å². The van der Waals surface area contributed by atoms with E-state index in [9.17, 15) is 15.3 Å². The number of nitrogen functional groups attached to an aromatic ring is 1. The van der Waals surface area contributed by atoms with Crippen LogP contribution in [-0.2, 0) is 4.74 Å². The molecule has 0 radical (unpaired) electrons. The normalized spacial score (nSPS) is 25.2. The molecule has 1 aliphatic rings. The monoisotopic (exact) mass is 393 g/mol. The van der Waals surface area contributed by atoms with Crippen LogP contribution in [0.1, 0.15) is 6.23 Å². The molecule has 3 aromatic rings. The van der Waals surface area contributed by atoms with Gasteiger partial charge >= 0.3 is 0 Å². The lowest BCUT2D eigenvalue weighted by atomic mass is 10.1. The Labute approximate surface area is 157 Å². The van der Waals surface area contributed by atoms with Gasteiger partial charge in [-0.1, -0.05) is 11.6 Å². The van der Waals surface area contributed by atoms with Crippen molar-refractivity contribution in [1.82, 2.24) is 19.7 Å². The molecular formula is C16H16ClN5O5. The van der Waals surface area contributed by atoms with Gasteiger partial charge in [-0.3, -0.25) is 0 Å². The lowest BCUT2D eigenvalue weighted by Gasteiger charge is -2.15. The molecule has 142 valence electrons. The highest BCUT2D eigenvalue weighted by molar-refractivity contribution is 6.30. The number of benzene rings is 1. The highest BCUT2D eigenvalue weighted by atomic mass is 35.5. The Bertz CT molecular complexity index is 966. The van der Waals surface area contributed by atoms with Crippen LogP contribution in [0.2, 0.25) is 5.02 Å². The Morgan fingerprint density at radius 2 is 1.93 bits per heavy atom. The Hall–Kier alpha value is -2.50. The minimum Gasteiger partial charge on any atom is -0.437 e. The minimum absolute atomic E-state index is 0.100. The van der Waals surface area contributed by atoms with E-state index in [1.807, 2.05) is 0 Å². The summed E-state index contributed by atoms with van der Waals surface area (Å²) in [5, 5.41) is 34.8. The van der Waals surface area contributed by atoms with E-state index in [4.69, 9.17) is 26.8 Å². The maximum atomic E-state index is 10.3. The van der Waals surface area contributed by atoms with Crippen molar-refractivity contribution in [3.05, 3.63) is 35.6 Å². The van der Waals surface area contributed by atoms with E-state index in [1.54, 1.807) is 24.3 Å². The number of hydrogen-bond donors (Lipinski definition) is 4. The summed E-state index contributed by atoms with van der Waals surface area (Å²) >= 11 is 5.88. The lowest BCUT2D eigenvalue weighted by molar-refractivity contribution is -0.0569. The van der Waals surface area contributed by atoms with E-state index in [0.29, 0.717) is 16.2 Å². The molecule has 0 saturated carbocycles. The quantitative estimate of drug-likeness (QED) is 0.496. The summed E-state index contributed by atoms with van der Waals surface area (Å²) in [6.45, 7) is -0.459. The molecule has 1 aliphatic heterocycles. The first-order chi connectivity index (χ1) is 13.0. The summed E-state index contributed by atoms with van der Waals surface area (Å²) in [5.41, 5.74) is 6.22. The molecule has 5 N–H and O–H groups in total. The number of ether oxygens (including phenoxy) is 2. The second-order valence-corrected chi connectivity index (χ2v) is 6.43. The third-order valence-corrected chi connectivity index (χ3v) is 4.52. The third-order valence-electron chi connectivity index (χ3n) is 4.27. The highest BCUT2D eigenvalue weighted by Gasteiger charge is 2.45. The summed E-state index contributed by atoms with van der Waals surface area (Å²) < 4.78 is 12.6. The average Bonchev–Trinajstić information content (AvgIpc) is 3.16. The second kappa shape index (κ2) is 6.91. The highest BCUT2D eigenvalue weighted by Crippen LogP contribution is 2.37. The van der Waals surface area contributed by atoms with Gasteiger partial charge in [0.1, 0.15) is 41.6 Å². The van der Waals surface area contributed by atoms with Crippen LogP contribution in [0, 0.1) is 0 Å². The average molecular weight is 394 g/mol. The second-order valence-electron chi connectivity index (χ2n) is 5.99. The van der Waals surface area contributed by atoms with Crippen molar-refractivity contribution in [1.29, 1.82) is 0 Å². The number of aromatic nitrogens is 4. The Balaban J connectivity index is 1.78. The zero-order valence-electron chi connectivity index (χ0n) is 13.8. The van der Waals surface area contributed by atoms with Gasteiger partial charge in [-0.05, 0) is 24.3 Å². The van der Waals surface area contributed by atoms with Crippen LogP contribution in [0.25, 0.3) is 11.0 Å².